The molecule has 100 valence electrons. The Kier molecular flexibility index (Phi) is 5.00. The monoisotopic (exact) mass is 273 g/mol. The summed E-state index contributed by atoms with van der Waals surface area (Å²) in [5.41, 5.74) is 3.76. The molecule has 0 aromatic heterocycles. The first-order chi connectivity index (χ1) is 9.18. The number of halogens is 1. The van der Waals surface area contributed by atoms with E-state index in [4.69, 9.17) is 11.6 Å². The molecule has 0 amide bonds. The van der Waals surface area contributed by atoms with E-state index in [1.54, 1.807) is 0 Å². The molecule has 0 bridgehead atoms. The van der Waals surface area contributed by atoms with E-state index in [0.29, 0.717) is 0 Å². The van der Waals surface area contributed by atoms with Gasteiger partial charge in [-0.2, -0.15) is 0 Å². The first kappa shape index (κ1) is 14.1. The molecule has 0 atom stereocenters. The van der Waals surface area contributed by atoms with Gasteiger partial charge in [0.25, 0.3) is 0 Å². The van der Waals surface area contributed by atoms with Crippen LogP contribution in [0.4, 0.5) is 0 Å². The number of rotatable bonds is 5. The summed E-state index contributed by atoms with van der Waals surface area (Å²) in [4.78, 5) is 2.22. The maximum Gasteiger partial charge on any atom is 0.0484 e. The van der Waals surface area contributed by atoms with Crippen LogP contribution in [0.2, 0.25) is 5.02 Å². The van der Waals surface area contributed by atoms with E-state index in [9.17, 15) is 0 Å². The molecular formula is C17H20ClN. The summed E-state index contributed by atoms with van der Waals surface area (Å²) in [6.07, 6.45) is 2.24. The third-order valence-corrected chi connectivity index (χ3v) is 3.56. The fourth-order valence-electron chi connectivity index (χ4n) is 2.27. The lowest BCUT2D eigenvalue weighted by molar-refractivity contribution is 0.400. The topological polar surface area (TPSA) is 3.24 Å². The molecular weight excluding hydrogens is 254 g/mol. The zero-order chi connectivity index (χ0) is 13.7. The van der Waals surface area contributed by atoms with Crippen LogP contribution in [0.25, 0.3) is 11.1 Å². The second-order valence-corrected chi connectivity index (χ2v) is 5.45. The maximum atomic E-state index is 6.31. The quantitative estimate of drug-likeness (QED) is 0.775. The maximum absolute atomic E-state index is 6.31. The highest BCUT2D eigenvalue weighted by atomic mass is 35.5. The van der Waals surface area contributed by atoms with Gasteiger partial charge in [0.2, 0.25) is 0 Å². The Balaban J connectivity index is 2.24. The summed E-state index contributed by atoms with van der Waals surface area (Å²) in [5, 5.41) is 0.822. The molecule has 0 fully saturated rings. The second-order valence-electron chi connectivity index (χ2n) is 5.04. The van der Waals surface area contributed by atoms with Crippen LogP contribution in [0.5, 0.6) is 0 Å². The van der Waals surface area contributed by atoms with Crippen molar-refractivity contribution in [3.63, 3.8) is 0 Å². The molecule has 1 nitrogen and oxygen atoms in total. The predicted molar refractivity (Wildman–Crippen MR) is 83.8 cm³/mol. The number of hydrogen-bond donors (Lipinski definition) is 0. The first-order valence-corrected chi connectivity index (χ1v) is 7.04. The van der Waals surface area contributed by atoms with Crippen LogP contribution in [0.1, 0.15) is 12.0 Å². The third-order valence-electron chi connectivity index (χ3n) is 3.23. The van der Waals surface area contributed by atoms with Gasteiger partial charge in [-0.05, 0) is 50.7 Å². The standard InChI is InChI=1S/C17H20ClN/c1-19(2)13-7-9-14-8-3-4-10-15(14)16-11-5-6-12-17(16)18/h3-6,8,10-12H,7,9,13H2,1-2H3. The average Bonchev–Trinajstić information content (AvgIpc) is 2.40. The zero-order valence-corrected chi connectivity index (χ0v) is 12.3. The summed E-state index contributed by atoms with van der Waals surface area (Å²) in [6.45, 7) is 1.11. The molecule has 19 heavy (non-hydrogen) atoms. The smallest absolute Gasteiger partial charge is 0.0484 e. The van der Waals surface area contributed by atoms with Crippen molar-refractivity contribution in [2.45, 2.75) is 12.8 Å². The van der Waals surface area contributed by atoms with Gasteiger partial charge in [0.15, 0.2) is 0 Å². The molecule has 2 aromatic carbocycles. The highest BCUT2D eigenvalue weighted by Crippen LogP contribution is 2.30. The minimum absolute atomic E-state index is 0.822. The highest BCUT2D eigenvalue weighted by Gasteiger charge is 2.07. The van der Waals surface area contributed by atoms with E-state index in [0.717, 1.165) is 30.0 Å². The molecule has 0 aliphatic rings. The fourth-order valence-corrected chi connectivity index (χ4v) is 2.50. The number of benzene rings is 2. The molecule has 0 saturated carbocycles. The SMILES string of the molecule is CN(C)CCCc1ccccc1-c1ccccc1Cl. The van der Waals surface area contributed by atoms with Crippen LogP contribution in [0.3, 0.4) is 0 Å². The van der Waals surface area contributed by atoms with Crippen molar-refractivity contribution < 1.29 is 0 Å². The highest BCUT2D eigenvalue weighted by molar-refractivity contribution is 6.33. The van der Waals surface area contributed by atoms with Crippen LogP contribution in [-0.2, 0) is 6.42 Å². The molecule has 2 aromatic rings. The van der Waals surface area contributed by atoms with E-state index < -0.39 is 0 Å². The minimum atomic E-state index is 0.822. The molecule has 2 heteroatoms. The second kappa shape index (κ2) is 6.74. The van der Waals surface area contributed by atoms with E-state index >= 15 is 0 Å². The van der Waals surface area contributed by atoms with Crippen LogP contribution < -0.4 is 0 Å². The molecule has 0 aliphatic carbocycles. The first-order valence-electron chi connectivity index (χ1n) is 6.66. The van der Waals surface area contributed by atoms with Gasteiger partial charge in [-0.15, -0.1) is 0 Å². The molecule has 2 rings (SSSR count). The lowest BCUT2D eigenvalue weighted by atomic mass is 9.96. The molecule has 0 aliphatic heterocycles. The molecule has 0 N–H and O–H groups in total. The van der Waals surface area contributed by atoms with Gasteiger partial charge in [0.05, 0.1) is 0 Å². The van der Waals surface area contributed by atoms with Crippen molar-refractivity contribution >= 4 is 11.6 Å². The van der Waals surface area contributed by atoms with Gasteiger partial charge in [0, 0.05) is 10.6 Å². The van der Waals surface area contributed by atoms with Crippen LogP contribution in [0, 0.1) is 0 Å². The van der Waals surface area contributed by atoms with Gasteiger partial charge in [0.1, 0.15) is 0 Å². The Hall–Kier alpha value is -1.31. The predicted octanol–water partition coefficient (Wildman–Crippen LogP) is 4.50. The van der Waals surface area contributed by atoms with Gasteiger partial charge < -0.3 is 4.90 Å². The van der Waals surface area contributed by atoms with Crippen molar-refractivity contribution in [3.05, 3.63) is 59.1 Å². The van der Waals surface area contributed by atoms with Gasteiger partial charge in [-0.25, -0.2) is 0 Å². The van der Waals surface area contributed by atoms with Crippen LogP contribution in [0.15, 0.2) is 48.5 Å². The third kappa shape index (κ3) is 3.82. The van der Waals surface area contributed by atoms with Crippen molar-refractivity contribution in [1.29, 1.82) is 0 Å². The fraction of sp³-hybridized carbons (Fsp3) is 0.294. The molecule has 0 saturated heterocycles. The zero-order valence-electron chi connectivity index (χ0n) is 11.6. The van der Waals surface area contributed by atoms with Crippen molar-refractivity contribution in [1.82, 2.24) is 4.90 Å². The Morgan fingerprint density at radius 3 is 2.21 bits per heavy atom. The molecule has 0 heterocycles. The summed E-state index contributed by atoms with van der Waals surface area (Å²) in [7, 11) is 4.22. The molecule has 0 unspecified atom stereocenters. The van der Waals surface area contributed by atoms with Crippen molar-refractivity contribution in [2.24, 2.45) is 0 Å². The summed E-state index contributed by atoms with van der Waals surface area (Å²) >= 11 is 6.31. The van der Waals surface area contributed by atoms with E-state index in [-0.39, 0.29) is 0 Å². The van der Waals surface area contributed by atoms with Crippen LogP contribution >= 0.6 is 11.6 Å². The summed E-state index contributed by atoms with van der Waals surface area (Å²) in [6, 6.07) is 16.6. The van der Waals surface area contributed by atoms with E-state index in [2.05, 4.69) is 49.3 Å². The average molecular weight is 274 g/mol. The van der Waals surface area contributed by atoms with Gasteiger partial charge in [-0.3, -0.25) is 0 Å². The Morgan fingerprint density at radius 2 is 1.53 bits per heavy atom. The van der Waals surface area contributed by atoms with Gasteiger partial charge >= 0.3 is 0 Å². The lowest BCUT2D eigenvalue weighted by Gasteiger charge is -2.13. The van der Waals surface area contributed by atoms with E-state index in [1.165, 1.54) is 11.1 Å². The minimum Gasteiger partial charge on any atom is -0.309 e. The Morgan fingerprint density at radius 1 is 0.895 bits per heavy atom. The largest absolute Gasteiger partial charge is 0.309 e. The van der Waals surface area contributed by atoms with Crippen molar-refractivity contribution in [3.8, 4) is 11.1 Å². The number of hydrogen-bond acceptors (Lipinski definition) is 1. The van der Waals surface area contributed by atoms with Gasteiger partial charge in [-0.1, -0.05) is 54.1 Å². The number of nitrogens with zero attached hydrogens (tertiary/aromatic N) is 1. The Labute approximate surface area is 120 Å². The lowest BCUT2D eigenvalue weighted by Crippen LogP contribution is -2.13. The van der Waals surface area contributed by atoms with Crippen LogP contribution in [-0.4, -0.2) is 25.5 Å². The molecule has 0 radical (unpaired) electrons. The van der Waals surface area contributed by atoms with E-state index in [1.807, 2.05) is 18.2 Å². The molecule has 0 spiro atoms. The normalized spacial score (nSPS) is 10.9. The summed E-state index contributed by atoms with van der Waals surface area (Å²) in [5.74, 6) is 0. The Bertz CT molecular complexity index is 534. The summed E-state index contributed by atoms with van der Waals surface area (Å²) < 4.78 is 0. The number of aryl methyl sites for hydroxylation is 1. The van der Waals surface area contributed by atoms with Crippen molar-refractivity contribution in [2.75, 3.05) is 20.6 Å².